The Balaban J connectivity index is 1.41. The number of hydrogen-bond acceptors (Lipinski definition) is 5. The summed E-state index contributed by atoms with van der Waals surface area (Å²) in [6.45, 7) is 2.12. The van der Waals surface area contributed by atoms with Crippen LogP contribution in [-0.4, -0.2) is 39.2 Å². The molecule has 9 heteroatoms. The third kappa shape index (κ3) is 4.58. The van der Waals surface area contributed by atoms with Crippen molar-refractivity contribution in [1.82, 2.24) is 4.90 Å². The van der Waals surface area contributed by atoms with Crippen LogP contribution >= 0.6 is 0 Å². The van der Waals surface area contributed by atoms with Crippen LogP contribution in [0.1, 0.15) is 18.4 Å². The lowest BCUT2D eigenvalue weighted by Crippen LogP contribution is -2.47. The molecule has 0 atom stereocenters. The lowest BCUT2D eigenvalue weighted by atomic mass is 10.0. The molecule has 0 amide bonds. The van der Waals surface area contributed by atoms with E-state index in [4.69, 9.17) is 9.47 Å². The highest BCUT2D eigenvalue weighted by Crippen LogP contribution is 2.39. The molecule has 5 rings (SSSR count). The molecule has 1 fully saturated rings. The second-order valence-corrected chi connectivity index (χ2v) is 10.2. The Morgan fingerprint density at radius 1 is 0.853 bits per heavy atom. The molecule has 0 unspecified atom stereocenters. The number of rotatable bonds is 6. The van der Waals surface area contributed by atoms with Gasteiger partial charge in [0.1, 0.15) is 11.6 Å². The lowest BCUT2D eigenvalue weighted by Gasteiger charge is -2.39. The summed E-state index contributed by atoms with van der Waals surface area (Å²) in [4.78, 5) is 2.26. The van der Waals surface area contributed by atoms with Gasteiger partial charge in [0.2, 0.25) is 6.79 Å². The van der Waals surface area contributed by atoms with Crippen molar-refractivity contribution in [2.75, 3.05) is 24.2 Å². The normalized spacial score (nSPS) is 16.5. The molecule has 1 saturated heterocycles. The molecule has 0 spiro atoms. The van der Waals surface area contributed by atoms with Crippen molar-refractivity contribution in [2.45, 2.75) is 30.3 Å². The van der Waals surface area contributed by atoms with E-state index in [9.17, 15) is 17.2 Å². The molecule has 0 radical (unpaired) electrons. The van der Waals surface area contributed by atoms with Gasteiger partial charge in [-0.15, -0.1) is 0 Å². The Kier molecular flexibility index (Phi) is 6.14. The van der Waals surface area contributed by atoms with Crippen molar-refractivity contribution < 1.29 is 26.7 Å². The van der Waals surface area contributed by atoms with Gasteiger partial charge in [-0.3, -0.25) is 9.21 Å². The van der Waals surface area contributed by atoms with E-state index >= 15 is 0 Å². The molecule has 0 aliphatic carbocycles. The van der Waals surface area contributed by atoms with Gasteiger partial charge in [0.25, 0.3) is 10.0 Å². The molecule has 0 N–H and O–H groups in total. The molecule has 34 heavy (non-hydrogen) atoms. The van der Waals surface area contributed by atoms with E-state index in [-0.39, 0.29) is 23.5 Å². The van der Waals surface area contributed by atoms with E-state index in [1.54, 1.807) is 30.3 Å². The second-order valence-electron chi connectivity index (χ2n) is 8.43. The minimum absolute atomic E-state index is 0.0281. The Morgan fingerprint density at radius 3 is 2.15 bits per heavy atom. The van der Waals surface area contributed by atoms with E-state index in [1.807, 2.05) is 0 Å². The summed E-state index contributed by atoms with van der Waals surface area (Å²) in [7, 11) is -3.96. The Morgan fingerprint density at radius 2 is 1.47 bits per heavy atom. The Bertz CT molecular complexity index is 1260. The number of halogens is 2. The molecule has 178 valence electrons. The van der Waals surface area contributed by atoms with Crippen molar-refractivity contribution >= 4 is 15.7 Å². The molecule has 2 heterocycles. The summed E-state index contributed by atoms with van der Waals surface area (Å²) in [5, 5.41) is 0. The van der Waals surface area contributed by atoms with E-state index in [0.29, 0.717) is 49.7 Å². The second kappa shape index (κ2) is 9.23. The predicted molar refractivity (Wildman–Crippen MR) is 123 cm³/mol. The van der Waals surface area contributed by atoms with Crippen molar-refractivity contribution in [3.63, 3.8) is 0 Å². The molecule has 0 aromatic heterocycles. The summed E-state index contributed by atoms with van der Waals surface area (Å²) in [5.74, 6) is 0.290. The largest absolute Gasteiger partial charge is 0.454 e. The maximum Gasteiger partial charge on any atom is 0.264 e. The fourth-order valence-corrected chi connectivity index (χ4v) is 6.15. The highest BCUT2D eigenvalue weighted by molar-refractivity contribution is 7.92. The monoisotopic (exact) mass is 486 g/mol. The number of nitrogens with zero attached hydrogens (tertiary/aromatic N) is 2. The van der Waals surface area contributed by atoms with E-state index < -0.39 is 15.8 Å². The first-order valence-corrected chi connectivity index (χ1v) is 12.5. The minimum Gasteiger partial charge on any atom is -0.454 e. The van der Waals surface area contributed by atoms with Crippen LogP contribution < -0.4 is 13.8 Å². The van der Waals surface area contributed by atoms with E-state index in [2.05, 4.69) is 4.90 Å². The average Bonchev–Trinajstić information content (AvgIpc) is 3.30. The van der Waals surface area contributed by atoms with Crippen molar-refractivity contribution in [2.24, 2.45) is 0 Å². The summed E-state index contributed by atoms with van der Waals surface area (Å²) in [5.41, 5.74) is 1.48. The highest BCUT2D eigenvalue weighted by Gasteiger charge is 2.35. The first kappa shape index (κ1) is 22.6. The van der Waals surface area contributed by atoms with Crippen molar-refractivity contribution in [3.8, 4) is 11.5 Å². The Hall–Kier alpha value is -3.17. The van der Waals surface area contributed by atoms with Crippen LogP contribution in [0, 0.1) is 11.6 Å². The number of anilines is 1. The molecule has 3 aromatic carbocycles. The van der Waals surface area contributed by atoms with Gasteiger partial charge < -0.3 is 9.47 Å². The van der Waals surface area contributed by atoms with Crippen LogP contribution in [0.4, 0.5) is 14.5 Å². The summed E-state index contributed by atoms with van der Waals surface area (Å²) >= 11 is 0. The van der Waals surface area contributed by atoms with Gasteiger partial charge >= 0.3 is 0 Å². The fraction of sp³-hybridized carbons (Fsp3) is 0.280. The SMILES string of the molecule is O=S(=O)(c1ccc(F)cc1)N(c1ccc2c(c1)OCO2)C1CCN(Cc2ccc(F)cc2)CC1. The van der Waals surface area contributed by atoms with Gasteiger partial charge in [-0.05, 0) is 66.9 Å². The average molecular weight is 487 g/mol. The van der Waals surface area contributed by atoms with Gasteiger partial charge in [0.15, 0.2) is 11.5 Å². The zero-order chi connectivity index (χ0) is 23.7. The number of hydrogen-bond donors (Lipinski definition) is 0. The number of fused-ring (bicyclic) bond motifs is 1. The number of piperidine rings is 1. The lowest BCUT2D eigenvalue weighted by molar-refractivity contribution is 0.174. The molecule has 3 aromatic rings. The number of likely N-dealkylation sites (tertiary alicyclic amines) is 1. The van der Waals surface area contributed by atoms with Crippen molar-refractivity contribution in [3.05, 3.63) is 83.9 Å². The predicted octanol–water partition coefficient (Wildman–Crippen LogP) is 4.55. The zero-order valence-corrected chi connectivity index (χ0v) is 19.2. The minimum atomic E-state index is -3.96. The molecular weight excluding hydrogens is 462 g/mol. The van der Waals surface area contributed by atoms with E-state index in [0.717, 1.165) is 17.7 Å². The van der Waals surface area contributed by atoms with Gasteiger partial charge in [-0.2, -0.15) is 0 Å². The highest BCUT2D eigenvalue weighted by atomic mass is 32.2. The Labute approximate surface area is 197 Å². The van der Waals surface area contributed by atoms with Gasteiger partial charge in [-0.1, -0.05) is 12.1 Å². The fourth-order valence-electron chi connectivity index (χ4n) is 4.45. The first-order chi connectivity index (χ1) is 16.4. The molecule has 2 aliphatic rings. The quantitative estimate of drug-likeness (QED) is 0.512. The van der Waals surface area contributed by atoms with Crippen LogP contribution in [0.5, 0.6) is 11.5 Å². The maximum absolute atomic E-state index is 13.7. The third-order valence-electron chi connectivity index (χ3n) is 6.19. The first-order valence-electron chi connectivity index (χ1n) is 11.1. The van der Waals surface area contributed by atoms with Crippen LogP contribution in [0.15, 0.2) is 71.6 Å². The van der Waals surface area contributed by atoms with E-state index in [1.165, 1.54) is 28.6 Å². The van der Waals surface area contributed by atoms with Crippen molar-refractivity contribution in [1.29, 1.82) is 0 Å². The summed E-state index contributed by atoms with van der Waals surface area (Å²) < 4.78 is 66.4. The topological polar surface area (TPSA) is 59.1 Å². The van der Waals surface area contributed by atoms with Crippen LogP contribution in [-0.2, 0) is 16.6 Å². The molecule has 0 bridgehead atoms. The van der Waals surface area contributed by atoms with Gasteiger partial charge in [-0.25, -0.2) is 17.2 Å². The smallest absolute Gasteiger partial charge is 0.264 e. The molecule has 6 nitrogen and oxygen atoms in total. The summed E-state index contributed by atoms with van der Waals surface area (Å²) in [6, 6.07) is 16.1. The number of ether oxygens (including phenoxy) is 2. The molecule has 0 saturated carbocycles. The standard InChI is InChI=1S/C25H24F2N2O4S/c26-19-3-1-18(2-4-19)16-28-13-11-21(12-14-28)29(22-7-10-24-25(15-22)33-17-32-24)34(30,31)23-8-5-20(27)6-9-23/h1-10,15,21H,11-14,16-17H2. The zero-order valence-electron chi connectivity index (χ0n) is 18.4. The number of benzene rings is 3. The van der Waals surface area contributed by atoms with Crippen LogP contribution in [0.2, 0.25) is 0 Å². The summed E-state index contributed by atoms with van der Waals surface area (Å²) in [6.07, 6.45) is 1.21. The molecular formula is C25H24F2N2O4S. The van der Waals surface area contributed by atoms with Gasteiger partial charge in [0, 0.05) is 31.7 Å². The maximum atomic E-state index is 13.7. The third-order valence-corrected chi connectivity index (χ3v) is 8.08. The van der Waals surface area contributed by atoms with Crippen LogP contribution in [0.3, 0.4) is 0 Å². The van der Waals surface area contributed by atoms with Gasteiger partial charge in [0.05, 0.1) is 10.6 Å². The number of sulfonamides is 1. The van der Waals surface area contributed by atoms with Crippen LogP contribution in [0.25, 0.3) is 0 Å². The molecule has 2 aliphatic heterocycles.